The fraction of sp³-hybridized carbons (Fsp3) is 0.200. The lowest BCUT2D eigenvalue weighted by Crippen LogP contribution is -2.23. The summed E-state index contributed by atoms with van der Waals surface area (Å²) in [5, 5.41) is 9.14. The Morgan fingerprint density at radius 2 is 1.91 bits per heavy atom. The second kappa shape index (κ2) is 6.73. The average molecular weight is 316 g/mol. The minimum atomic E-state index is -0.473. The normalized spacial score (nSPS) is 10.0. The van der Waals surface area contributed by atoms with Crippen LogP contribution in [0.2, 0.25) is 0 Å². The quantitative estimate of drug-likeness (QED) is 0.876. The molecule has 120 valence electrons. The molecule has 0 aliphatic rings. The van der Waals surface area contributed by atoms with Crippen LogP contribution in [-0.4, -0.2) is 28.7 Å². The molecule has 2 aromatic rings. The van der Waals surface area contributed by atoms with Crippen molar-refractivity contribution in [3.63, 3.8) is 0 Å². The third kappa shape index (κ3) is 3.94. The van der Waals surface area contributed by atoms with Crippen molar-refractivity contribution in [1.82, 2.24) is 9.78 Å². The van der Waals surface area contributed by atoms with Gasteiger partial charge < -0.3 is 15.4 Å². The van der Waals surface area contributed by atoms with E-state index in [1.54, 1.807) is 18.2 Å². The highest BCUT2D eigenvalue weighted by molar-refractivity contribution is 6.03. The van der Waals surface area contributed by atoms with Crippen molar-refractivity contribution in [3.05, 3.63) is 46.4 Å². The summed E-state index contributed by atoms with van der Waals surface area (Å²) >= 11 is 0. The fourth-order valence-electron chi connectivity index (χ4n) is 1.89. The maximum atomic E-state index is 12.2. The molecule has 0 radical (unpaired) electrons. The van der Waals surface area contributed by atoms with E-state index in [2.05, 4.69) is 15.7 Å². The van der Waals surface area contributed by atoms with E-state index in [0.29, 0.717) is 17.1 Å². The number of aromatic nitrogens is 2. The molecule has 0 aliphatic heterocycles. The van der Waals surface area contributed by atoms with Crippen molar-refractivity contribution in [1.29, 1.82) is 0 Å². The number of anilines is 2. The summed E-state index contributed by atoms with van der Waals surface area (Å²) < 4.78 is 6.22. The number of nitrogens with one attached hydrogen (secondary N) is 2. The molecule has 8 heteroatoms. The zero-order chi connectivity index (χ0) is 17.0. The number of rotatable bonds is 4. The average Bonchev–Trinajstić information content (AvgIpc) is 2.49. The molecule has 2 amide bonds. The largest absolute Gasteiger partial charge is 0.495 e. The molecular weight excluding hydrogens is 300 g/mol. The number of hydrogen-bond donors (Lipinski definition) is 2. The third-order valence-corrected chi connectivity index (χ3v) is 2.96. The molecule has 23 heavy (non-hydrogen) atoms. The Morgan fingerprint density at radius 1 is 1.17 bits per heavy atom. The first-order chi connectivity index (χ1) is 10.9. The predicted molar refractivity (Wildman–Crippen MR) is 84.7 cm³/mol. The highest BCUT2D eigenvalue weighted by atomic mass is 16.5. The molecule has 0 spiro atoms. The van der Waals surface area contributed by atoms with Crippen LogP contribution < -0.4 is 20.9 Å². The highest BCUT2D eigenvalue weighted by Crippen LogP contribution is 2.27. The molecule has 0 saturated heterocycles. The Labute approximate surface area is 132 Å². The van der Waals surface area contributed by atoms with Crippen molar-refractivity contribution in [2.24, 2.45) is 7.05 Å². The zero-order valence-electron chi connectivity index (χ0n) is 12.9. The topological polar surface area (TPSA) is 102 Å². The predicted octanol–water partition coefficient (Wildman–Crippen LogP) is 1.000. The van der Waals surface area contributed by atoms with E-state index in [4.69, 9.17) is 4.74 Å². The van der Waals surface area contributed by atoms with Crippen molar-refractivity contribution < 1.29 is 14.3 Å². The molecule has 8 nitrogen and oxygen atoms in total. The van der Waals surface area contributed by atoms with E-state index >= 15 is 0 Å². The van der Waals surface area contributed by atoms with Gasteiger partial charge in [-0.2, -0.15) is 5.10 Å². The van der Waals surface area contributed by atoms with Gasteiger partial charge in [0.05, 0.1) is 12.8 Å². The number of ether oxygens (including phenoxy) is 1. The van der Waals surface area contributed by atoms with Gasteiger partial charge in [-0.25, -0.2) is 4.68 Å². The van der Waals surface area contributed by atoms with Gasteiger partial charge in [0.2, 0.25) is 5.91 Å². The Bertz CT molecular complexity index is 813. The third-order valence-electron chi connectivity index (χ3n) is 2.96. The zero-order valence-corrected chi connectivity index (χ0v) is 12.9. The number of hydrogen-bond acceptors (Lipinski definition) is 5. The van der Waals surface area contributed by atoms with E-state index in [9.17, 15) is 14.4 Å². The van der Waals surface area contributed by atoms with Crippen LogP contribution in [0.5, 0.6) is 5.75 Å². The number of amides is 2. The van der Waals surface area contributed by atoms with Crippen LogP contribution in [0.25, 0.3) is 0 Å². The molecule has 1 aromatic heterocycles. The van der Waals surface area contributed by atoms with Gasteiger partial charge in [0.15, 0.2) is 0 Å². The van der Waals surface area contributed by atoms with E-state index < -0.39 is 5.91 Å². The van der Waals surface area contributed by atoms with Crippen LogP contribution in [0.1, 0.15) is 17.4 Å². The van der Waals surface area contributed by atoms with Crippen molar-refractivity contribution in [3.8, 4) is 5.75 Å². The summed E-state index contributed by atoms with van der Waals surface area (Å²) in [4.78, 5) is 34.7. The van der Waals surface area contributed by atoms with E-state index in [1.165, 1.54) is 33.2 Å². The van der Waals surface area contributed by atoms with E-state index in [0.717, 1.165) is 4.68 Å². The standard InChI is InChI=1S/C15H16N4O4/c1-9(20)16-12-8-10(4-6-13(12)23-3)17-15(22)11-5-7-14(21)19(2)18-11/h4-8H,1-3H3,(H,16,20)(H,17,22). The molecule has 0 saturated carbocycles. The number of carbonyl (C=O) groups excluding carboxylic acids is 2. The molecule has 1 heterocycles. The van der Waals surface area contributed by atoms with Crippen molar-refractivity contribution in [2.75, 3.05) is 17.7 Å². The first kappa shape index (κ1) is 16.2. The molecule has 0 aliphatic carbocycles. The highest BCUT2D eigenvalue weighted by Gasteiger charge is 2.11. The second-order valence-corrected chi connectivity index (χ2v) is 4.73. The van der Waals surface area contributed by atoms with Crippen LogP contribution in [0, 0.1) is 0 Å². The lowest BCUT2D eigenvalue weighted by molar-refractivity contribution is -0.114. The van der Waals surface area contributed by atoms with Crippen LogP contribution in [-0.2, 0) is 11.8 Å². The number of benzene rings is 1. The molecule has 2 rings (SSSR count). The summed E-state index contributed by atoms with van der Waals surface area (Å²) in [6, 6.07) is 7.42. The molecule has 2 N–H and O–H groups in total. The molecule has 0 unspecified atom stereocenters. The van der Waals surface area contributed by atoms with Crippen LogP contribution in [0.15, 0.2) is 35.1 Å². The van der Waals surface area contributed by atoms with Crippen molar-refractivity contribution in [2.45, 2.75) is 6.92 Å². The van der Waals surface area contributed by atoms with E-state index in [1.807, 2.05) is 0 Å². The second-order valence-electron chi connectivity index (χ2n) is 4.73. The minimum absolute atomic E-state index is 0.101. The Morgan fingerprint density at radius 3 is 2.52 bits per heavy atom. The van der Waals surface area contributed by atoms with Gasteiger partial charge in [-0.1, -0.05) is 0 Å². The Kier molecular flexibility index (Phi) is 4.75. The number of aryl methyl sites for hydroxylation is 1. The lowest BCUT2D eigenvalue weighted by atomic mass is 10.2. The minimum Gasteiger partial charge on any atom is -0.495 e. The Balaban J connectivity index is 2.25. The van der Waals surface area contributed by atoms with Gasteiger partial charge in [0, 0.05) is 25.7 Å². The van der Waals surface area contributed by atoms with Gasteiger partial charge in [-0.05, 0) is 24.3 Å². The van der Waals surface area contributed by atoms with Gasteiger partial charge in [-0.15, -0.1) is 0 Å². The molecule has 0 bridgehead atoms. The first-order valence-electron chi connectivity index (χ1n) is 6.72. The monoisotopic (exact) mass is 316 g/mol. The molecule has 0 fully saturated rings. The Hall–Kier alpha value is -3.16. The van der Waals surface area contributed by atoms with Crippen LogP contribution >= 0.6 is 0 Å². The number of carbonyl (C=O) groups is 2. The molecule has 1 aromatic carbocycles. The van der Waals surface area contributed by atoms with Gasteiger partial charge in [0.1, 0.15) is 11.4 Å². The van der Waals surface area contributed by atoms with E-state index in [-0.39, 0.29) is 17.2 Å². The first-order valence-corrected chi connectivity index (χ1v) is 6.72. The van der Waals surface area contributed by atoms with Gasteiger partial charge in [-0.3, -0.25) is 14.4 Å². The summed E-state index contributed by atoms with van der Waals surface area (Å²) in [6.07, 6.45) is 0. The maximum absolute atomic E-state index is 12.2. The number of nitrogens with zero attached hydrogens (tertiary/aromatic N) is 2. The molecule has 0 atom stereocenters. The van der Waals surface area contributed by atoms with Crippen molar-refractivity contribution >= 4 is 23.2 Å². The number of methoxy groups -OCH3 is 1. The SMILES string of the molecule is COc1ccc(NC(=O)c2ccc(=O)n(C)n2)cc1NC(C)=O. The summed E-state index contributed by atoms with van der Waals surface area (Å²) in [5.41, 5.74) is 0.685. The lowest BCUT2D eigenvalue weighted by Gasteiger charge is -2.12. The van der Waals surface area contributed by atoms with Gasteiger partial charge in [0.25, 0.3) is 11.5 Å². The van der Waals surface area contributed by atoms with Gasteiger partial charge >= 0.3 is 0 Å². The molecular formula is C15H16N4O4. The van der Waals surface area contributed by atoms with Crippen LogP contribution in [0.4, 0.5) is 11.4 Å². The fourth-order valence-corrected chi connectivity index (χ4v) is 1.89. The summed E-state index contributed by atoms with van der Waals surface area (Å²) in [6.45, 7) is 1.37. The summed E-state index contributed by atoms with van der Waals surface area (Å²) in [5.74, 6) is -0.260. The smallest absolute Gasteiger partial charge is 0.276 e. The maximum Gasteiger partial charge on any atom is 0.276 e. The summed E-state index contributed by atoms with van der Waals surface area (Å²) in [7, 11) is 2.94. The van der Waals surface area contributed by atoms with Crippen LogP contribution in [0.3, 0.4) is 0 Å².